The van der Waals surface area contributed by atoms with Gasteiger partial charge in [0.15, 0.2) is 0 Å². The number of hydrogen-bond acceptors (Lipinski definition) is 1. The molecular weight excluding hydrogens is 158 g/mol. The fourth-order valence-electron chi connectivity index (χ4n) is 3.02. The molecule has 1 aliphatic rings. The summed E-state index contributed by atoms with van der Waals surface area (Å²) in [6.07, 6.45) is 5.19. The second kappa shape index (κ2) is 4.00. The van der Waals surface area contributed by atoms with Crippen LogP contribution in [0.4, 0.5) is 0 Å². The molecule has 78 valence electrons. The van der Waals surface area contributed by atoms with E-state index in [1.54, 1.807) is 0 Å². The first kappa shape index (κ1) is 11.0. The van der Waals surface area contributed by atoms with Gasteiger partial charge in [0.05, 0.1) is 0 Å². The minimum Gasteiger partial charge on any atom is -0.328 e. The highest BCUT2D eigenvalue weighted by Gasteiger charge is 2.32. The Balaban J connectivity index is 2.48. The van der Waals surface area contributed by atoms with Gasteiger partial charge in [-0.1, -0.05) is 27.7 Å². The van der Waals surface area contributed by atoms with Gasteiger partial charge in [0.1, 0.15) is 0 Å². The van der Waals surface area contributed by atoms with Gasteiger partial charge in [0.25, 0.3) is 0 Å². The van der Waals surface area contributed by atoms with E-state index >= 15 is 0 Å². The lowest BCUT2D eigenvalue weighted by Gasteiger charge is -2.39. The summed E-state index contributed by atoms with van der Waals surface area (Å²) in [5.41, 5.74) is 6.56. The summed E-state index contributed by atoms with van der Waals surface area (Å²) in [6, 6.07) is 0.451. The molecule has 0 radical (unpaired) electrons. The van der Waals surface area contributed by atoms with E-state index in [1.165, 1.54) is 25.7 Å². The Morgan fingerprint density at radius 2 is 1.92 bits per heavy atom. The second-order valence-corrected chi connectivity index (χ2v) is 6.06. The fourth-order valence-corrected chi connectivity index (χ4v) is 3.02. The lowest BCUT2D eigenvalue weighted by Crippen LogP contribution is -2.37. The molecule has 0 bridgehead atoms. The molecular formula is C12H25N. The average Bonchev–Trinajstić information content (AvgIpc) is 1.78. The summed E-state index contributed by atoms with van der Waals surface area (Å²) in [5.74, 6) is 1.70. The number of nitrogens with two attached hydrogens (primary N) is 1. The second-order valence-electron chi connectivity index (χ2n) is 6.06. The predicted octanol–water partition coefficient (Wildman–Crippen LogP) is 3.19. The van der Waals surface area contributed by atoms with Gasteiger partial charge >= 0.3 is 0 Å². The third-order valence-corrected chi connectivity index (χ3v) is 3.10. The van der Waals surface area contributed by atoms with Crippen molar-refractivity contribution >= 4 is 0 Å². The van der Waals surface area contributed by atoms with E-state index < -0.39 is 0 Å². The van der Waals surface area contributed by atoms with Crippen molar-refractivity contribution in [3.05, 3.63) is 0 Å². The van der Waals surface area contributed by atoms with Crippen molar-refractivity contribution in [3.8, 4) is 0 Å². The van der Waals surface area contributed by atoms with Crippen LogP contribution in [-0.4, -0.2) is 6.04 Å². The van der Waals surface area contributed by atoms with Crippen LogP contribution >= 0.6 is 0 Å². The molecule has 0 aromatic rings. The normalized spacial score (nSPS) is 33.7. The molecule has 0 aromatic carbocycles. The molecule has 0 aliphatic heterocycles. The Morgan fingerprint density at radius 1 is 1.31 bits per heavy atom. The smallest absolute Gasteiger partial charge is 0.00465 e. The monoisotopic (exact) mass is 183 g/mol. The van der Waals surface area contributed by atoms with Crippen LogP contribution in [0.3, 0.4) is 0 Å². The number of rotatable bonds is 2. The van der Waals surface area contributed by atoms with Crippen molar-refractivity contribution in [2.24, 2.45) is 23.0 Å². The quantitative estimate of drug-likeness (QED) is 0.699. The van der Waals surface area contributed by atoms with Gasteiger partial charge in [-0.15, -0.1) is 0 Å². The first-order valence-electron chi connectivity index (χ1n) is 5.64. The summed E-state index contributed by atoms with van der Waals surface area (Å²) in [6.45, 7) is 9.35. The van der Waals surface area contributed by atoms with Crippen molar-refractivity contribution in [2.45, 2.75) is 59.4 Å². The molecule has 13 heavy (non-hydrogen) atoms. The van der Waals surface area contributed by atoms with Crippen molar-refractivity contribution in [1.82, 2.24) is 0 Å². The van der Waals surface area contributed by atoms with Crippen LogP contribution in [0.25, 0.3) is 0 Å². The topological polar surface area (TPSA) is 26.0 Å². The van der Waals surface area contributed by atoms with Crippen LogP contribution in [0.2, 0.25) is 0 Å². The number of hydrogen-bond donors (Lipinski definition) is 1. The van der Waals surface area contributed by atoms with Gasteiger partial charge < -0.3 is 5.73 Å². The summed E-state index contributed by atoms with van der Waals surface area (Å²) >= 11 is 0. The summed E-state index contributed by atoms with van der Waals surface area (Å²) in [5, 5.41) is 0. The molecule has 1 saturated carbocycles. The summed E-state index contributed by atoms with van der Waals surface area (Å²) in [4.78, 5) is 0. The Hall–Kier alpha value is -0.0400. The zero-order valence-corrected chi connectivity index (χ0v) is 9.64. The summed E-state index contributed by atoms with van der Waals surface area (Å²) < 4.78 is 0. The lowest BCUT2D eigenvalue weighted by atomic mass is 9.68. The SMILES string of the molecule is CC(C)CC1CC(N)CC(C)(C)C1. The molecule has 0 spiro atoms. The lowest BCUT2D eigenvalue weighted by molar-refractivity contribution is 0.144. The average molecular weight is 183 g/mol. The van der Waals surface area contributed by atoms with Crippen LogP contribution < -0.4 is 5.73 Å². The standard InChI is InChI=1S/C12H25N/c1-9(2)5-10-6-11(13)8-12(3,4)7-10/h9-11H,5-8,13H2,1-4H3. The van der Waals surface area contributed by atoms with E-state index in [2.05, 4.69) is 27.7 Å². The zero-order valence-electron chi connectivity index (χ0n) is 9.64. The van der Waals surface area contributed by atoms with Gasteiger partial charge in [-0.05, 0) is 42.9 Å². The third-order valence-electron chi connectivity index (χ3n) is 3.10. The molecule has 0 aromatic heterocycles. The highest BCUT2D eigenvalue weighted by atomic mass is 14.7. The molecule has 0 heterocycles. The molecule has 0 amide bonds. The Bertz CT molecular complexity index is 159. The van der Waals surface area contributed by atoms with Crippen molar-refractivity contribution in [3.63, 3.8) is 0 Å². The predicted molar refractivity (Wildman–Crippen MR) is 58.6 cm³/mol. The molecule has 1 rings (SSSR count). The minimum atomic E-state index is 0.451. The third kappa shape index (κ3) is 3.68. The molecule has 0 saturated heterocycles. The van der Waals surface area contributed by atoms with E-state index in [0.717, 1.165) is 11.8 Å². The molecule has 1 nitrogen and oxygen atoms in total. The molecule has 2 N–H and O–H groups in total. The van der Waals surface area contributed by atoms with Crippen LogP contribution in [0.5, 0.6) is 0 Å². The first-order chi connectivity index (χ1) is 5.89. The van der Waals surface area contributed by atoms with Gasteiger partial charge in [-0.25, -0.2) is 0 Å². The maximum Gasteiger partial charge on any atom is 0.00465 e. The van der Waals surface area contributed by atoms with Gasteiger partial charge in [0.2, 0.25) is 0 Å². The highest BCUT2D eigenvalue weighted by Crippen LogP contribution is 2.40. The molecule has 2 atom stereocenters. The van der Waals surface area contributed by atoms with Gasteiger partial charge in [-0.3, -0.25) is 0 Å². The maximum absolute atomic E-state index is 6.08. The van der Waals surface area contributed by atoms with Crippen LogP contribution in [0, 0.1) is 17.3 Å². The first-order valence-corrected chi connectivity index (χ1v) is 5.64. The van der Waals surface area contributed by atoms with E-state index in [9.17, 15) is 0 Å². The molecule has 2 unspecified atom stereocenters. The molecule has 1 fully saturated rings. The van der Waals surface area contributed by atoms with Crippen LogP contribution in [-0.2, 0) is 0 Å². The molecule has 1 aliphatic carbocycles. The fraction of sp³-hybridized carbons (Fsp3) is 1.00. The van der Waals surface area contributed by atoms with Crippen LogP contribution in [0.1, 0.15) is 53.4 Å². The minimum absolute atomic E-state index is 0.451. The highest BCUT2D eigenvalue weighted by molar-refractivity contribution is 4.86. The zero-order chi connectivity index (χ0) is 10.1. The van der Waals surface area contributed by atoms with Crippen molar-refractivity contribution < 1.29 is 0 Å². The maximum atomic E-state index is 6.08. The summed E-state index contributed by atoms with van der Waals surface area (Å²) in [7, 11) is 0. The van der Waals surface area contributed by atoms with Crippen LogP contribution in [0.15, 0.2) is 0 Å². The van der Waals surface area contributed by atoms with Crippen molar-refractivity contribution in [2.75, 3.05) is 0 Å². The molecule has 1 heteroatoms. The van der Waals surface area contributed by atoms with E-state index in [-0.39, 0.29) is 0 Å². The Kier molecular flexibility index (Phi) is 3.39. The van der Waals surface area contributed by atoms with Gasteiger partial charge in [0, 0.05) is 6.04 Å². The Labute approximate surface area is 83.1 Å². The van der Waals surface area contributed by atoms with E-state index in [4.69, 9.17) is 5.73 Å². The van der Waals surface area contributed by atoms with Gasteiger partial charge in [-0.2, -0.15) is 0 Å². The van der Waals surface area contributed by atoms with E-state index in [0.29, 0.717) is 11.5 Å². The van der Waals surface area contributed by atoms with Crippen molar-refractivity contribution in [1.29, 1.82) is 0 Å². The Morgan fingerprint density at radius 3 is 2.38 bits per heavy atom. The van der Waals surface area contributed by atoms with E-state index in [1.807, 2.05) is 0 Å². The largest absolute Gasteiger partial charge is 0.328 e.